The first kappa shape index (κ1) is 16.8. The molecule has 2 unspecified atom stereocenters. The number of aliphatic hydroxyl groups excluding tert-OH is 1. The van der Waals surface area contributed by atoms with Gasteiger partial charge in [-0.15, -0.1) is 0 Å². The first-order valence-electron chi connectivity index (χ1n) is 7.20. The maximum atomic E-state index is 9.92. The molecule has 0 spiro atoms. The number of nitrogens with zero attached hydrogens (tertiary/aromatic N) is 1. The van der Waals surface area contributed by atoms with Gasteiger partial charge in [0, 0.05) is 24.2 Å². The molecule has 1 aliphatic rings. The van der Waals surface area contributed by atoms with E-state index in [1.165, 1.54) is 6.42 Å². The highest BCUT2D eigenvalue weighted by Gasteiger charge is 2.19. The van der Waals surface area contributed by atoms with Crippen molar-refractivity contribution in [2.45, 2.75) is 12.5 Å². The summed E-state index contributed by atoms with van der Waals surface area (Å²) in [5.74, 6) is 1.17. The Kier molecular flexibility index (Phi) is 6.58. The first-order chi connectivity index (χ1) is 10.0. The summed E-state index contributed by atoms with van der Waals surface area (Å²) in [6.07, 6.45) is 0.646. The standard InChI is InChI=1S/C15H22Cl2N2O2/c1-19-5-4-11(9-19)7-18-8-13(20)10-21-15-6-12(16)2-3-14(15)17/h2-3,6,11,13,18,20H,4-5,7-10H2,1H3. The van der Waals surface area contributed by atoms with Gasteiger partial charge in [-0.2, -0.15) is 0 Å². The lowest BCUT2D eigenvalue weighted by Crippen LogP contribution is -2.34. The van der Waals surface area contributed by atoms with Gasteiger partial charge in [0.1, 0.15) is 18.5 Å². The predicted octanol–water partition coefficient (Wildman–Crippen LogP) is 2.27. The van der Waals surface area contributed by atoms with Crippen LogP contribution in [-0.2, 0) is 0 Å². The number of hydrogen-bond donors (Lipinski definition) is 2. The van der Waals surface area contributed by atoms with E-state index in [1.807, 2.05) is 0 Å². The molecule has 2 N–H and O–H groups in total. The zero-order chi connectivity index (χ0) is 15.2. The van der Waals surface area contributed by atoms with Crippen molar-refractivity contribution >= 4 is 23.2 Å². The van der Waals surface area contributed by atoms with E-state index in [0.717, 1.165) is 19.6 Å². The molecule has 6 heteroatoms. The number of hydrogen-bond acceptors (Lipinski definition) is 4. The Labute approximate surface area is 136 Å². The predicted molar refractivity (Wildman–Crippen MR) is 86.4 cm³/mol. The number of nitrogens with one attached hydrogen (secondary N) is 1. The van der Waals surface area contributed by atoms with Crippen LogP contribution >= 0.6 is 23.2 Å². The number of likely N-dealkylation sites (tertiary alicyclic amines) is 1. The molecule has 0 aromatic heterocycles. The zero-order valence-electron chi connectivity index (χ0n) is 12.2. The van der Waals surface area contributed by atoms with E-state index in [9.17, 15) is 5.11 Å². The number of benzene rings is 1. The van der Waals surface area contributed by atoms with Gasteiger partial charge in [-0.05, 0) is 44.6 Å². The minimum absolute atomic E-state index is 0.192. The summed E-state index contributed by atoms with van der Waals surface area (Å²) in [6.45, 7) is 3.92. The molecule has 0 amide bonds. The molecule has 1 aliphatic heterocycles. The molecular weight excluding hydrogens is 311 g/mol. The third kappa shape index (κ3) is 5.64. The van der Waals surface area contributed by atoms with E-state index in [-0.39, 0.29) is 6.61 Å². The molecule has 1 fully saturated rings. The van der Waals surface area contributed by atoms with E-state index in [1.54, 1.807) is 18.2 Å². The van der Waals surface area contributed by atoms with Gasteiger partial charge in [0.05, 0.1) is 5.02 Å². The monoisotopic (exact) mass is 332 g/mol. The molecule has 0 radical (unpaired) electrons. The fraction of sp³-hybridized carbons (Fsp3) is 0.600. The van der Waals surface area contributed by atoms with Crippen LogP contribution in [0.15, 0.2) is 18.2 Å². The van der Waals surface area contributed by atoms with Crippen molar-refractivity contribution in [3.8, 4) is 5.75 Å². The Balaban J connectivity index is 1.65. The first-order valence-corrected chi connectivity index (χ1v) is 7.95. The van der Waals surface area contributed by atoms with Crippen LogP contribution in [0.25, 0.3) is 0 Å². The Morgan fingerprint density at radius 3 is 3.00 bits per heavy atom. The van der Waals surface area contributed by atoms with E-state index in [2.05, 4.69) is 17.3 Å². The number of halogens is 2. The van der Waals surface area contributed by atoms with Crippen LogP contribution in [0.2, 0.25) is 10.0 Å². The topological polar surface area (TPSA) is 44.7 Å². The molecule has 1 heterocycles. The second-order valence-electron chi connectivity index (χ2n) is 5.61. The van der Waals surface area contributed by atoms with Crippen molar-refractivity contribution in [3.05, 3.63) is 28.2 Å². The van der Waals surface area contributed by atoms with Crippen LogP contribution in [-0.4, -0.2) is 55.9 Å². The molecule has 2 rings (SSSR count). The average molecular weight is 333 g/mol. The highest BCUT2D eigenvalue weighted by Crippen LogP contribution is 2.27. The molecule has 0 bridgehead atoms. The summed E-state index contributed by atoms with van der Waals surface area (Å²) in [4.78, 5) is 2.33. The van der Waals surface area contributed by atoms with Gasteiger partial charge in [-0.3, -0.25) is 0 Å². The van der Waals surface area contributed by atoms with E-state index >= 15 is 0 Å². The fourth-order valence-electron chi connectivity index (χ4n) is 2.48. The number of ether oxygens (including phenoxy) is 1. The van der Waals surface area contributed by atoms with Crippen LogP contribution in [0.4, 0.5) is 0 Å². The van der Waals surface area contributed by atoms with Gasteiger partial charge in [0.2, 0.25) is 0 Å². The summed E-state index contributed by atoms with van der Waals surface area (Å²) < 4.78 is 5.50. The van der Waals surface area contributed by atoms with Crippen molar-refractivity contribution in [2.24, 2.45) is 5.92 Å². The molecule has 21 heavy (non-hydrogen) atoms. The summed E-state index contributed by atoms with van der Waals surface area (Å²) >= 11 is 11.9. The van der Waals surface area contributed by atoms with Crippen molar-refractivity contribution in [2.75, 3.05) is 39.8 Å². The molecule has 4 nitrogen and oxygen atoms in total. The van der Waals surface area contributed by atoms with Gasteiger partial charge < -0.3 is 20.1 Å². The molecule has 0 saturated carbocycles. The Bertz CT molecular complexity index is 459. The Morgan fingerprint density at radius 2 is 2.29 bits per heavy atom. The van der Waals surface area contributed by atoms with Crippen molar-refractivity contribution < 1.29 is 9.84 Å². The minimum atomic E-state index is -0.570. The third-order valence-corrected chi connectivity index (χ3v) is 4.17. The van der Waals surface area contributed by atoms with Crippen LogP contribution in [0.1, 0.15) is 6.42 Å². The SMILES string of the molecule is CN1CCC(CNCC(O)COc2cc(Cl)ccc2Cl)C1. The number of rotatable bonds is 7. The zero-order valence-corrected chi connectivity index (χ0v) is 13.7. The number of aliphatic hydroxyl groups is 1. The fourth-order valence-corrected chi connectivity index (χ4v) is 2.81. The van der Waals surface area contributed by atoms with Crippen LogP contribution in [0, 0.1) is 5.92 Å². The van der Waals surface area contributed by atoms with Crippen LogP contribution in [0.5, 0.6) is 5.75 Å². The Hall–Kier alpha value is -0.520. The maximum absolute atomic E-state index is 9.92. The quantitative estimate of drug-likeness (QED) is 0.804. The van der Waals surface area contributed by atoms with Crippen LogP contribution in [0.3, 0.4) is 0 Å². The Morgan fingerprint density at radius 1 is 1.48 bits per heavy atom. The van der Waals surface area contributed by atoms with Gasteiger partial charge in [-0.25, -0.2) is 0 Å². The average Bonchev–Trinajstić information content (AvgIpc) is 2.85. The molecule has 0 aliphatic carbocycles. The lowest BCUT2D eigenvalue weighted by molar-refractivity contribution is 0.105. The largest absolute Gasteiger partial charge is 0.489 e. The summed E-state index contributed by atoms with van der Waals surface area (Å²) in [6, 6.07) is 5.03. The third-order valence-electron chi connectivity index (χ3n) is 3.63. The van der Waals surface area contributed by atoms with E-state index in [0.29, 0.717) is 28.3 Å². The summed E-state index contributed by atoms with van der Waals surface area (Å²) in [5, 5.41) is 14.3. The molecule has 2 atom stereocenters. The normalized spacial score (nSPS) is 20.7. The van der Waals surface area contributed by atoms with Crippen LogP contribution < -0.4 is 10.1 Å². The molecule has 118 valence electrons. The van der Waals surface area contributed by atoms with Gasteiger partial charge >= 0.3 is 0 Å². The lowest BCUT2D eigenvalue weighted by atomic mass is 10.1. The molecule has 1 aromatic carbocycles. The van der Waals surface area contributed by atoms with Gasteiger partial charge in [-0.1, -0.05) is 23.2 Å². The van der Waals surface area contributed by atoms with Gasteiger partial charge in [0.25, 0.3) is 0 Å². The summed E-state index contributed by atoms with van der Waals surface area (Å²) in [5.41, 5.74) is 0. The van der Waals surface area contributed by atoms with E-state index < -0.39 is 6.10 Å². The maximum Gasteiger partial charge on any atom is 0.139 e. The molecular formula is C15H22Cl2N2O2. The van der Waals surface area contributed by atoms with Gasteiger partial charge in [0.15, 0.2) is 0 Å². The highest BCUT2D eigenvalue weighted by atomic mass is 35.5. The highest BCUT2D eigenvalue weighted by molar-refractivity contribution is 6.34. The van der Waals surface area contributed by atoms with Crippen molar-refractivity contribution in [1.82, 2.24) is 10.2 Å². The van der Waals surface area contributed by atoms with E-state index in [4.69, 9.17) is 27.9 Å². The lowest BCUT2D eigenvalue weighted by Gasteiger charge is -2.16. The second kappa shape index (κ2) is 8.20. The summed E-state index contributed by atoms with van der Waals surface area (Å²) in [7, 11) is 2.14. The molecule has 1 aromatic rings. The van der Waals surface area contributed by atoms with Crippen molar-refractivity contribution in [3.63, 3.8) is 0 Å². The minimum Gasteiger partial charge on any atom is -0.489 e. The second-order valence-corrected chi connectivity index (χ2v) is 6.46. The molecule has 1 saturated heterocycles. The van der Waals surface area contributed by atoms with Crippen molar-refractivity contribution in [1.29, 1.82) is 0 Å². The smallest absolute Gasteiger partial charge is 0.139 e.